The van der Waals surface area contributed by atoms with Crippen molar-refractivity contribution in [2.75, 3.05) is 0 Å². The molecule has 1 atom stereocenters. The van der Waals surface area contributed by atoms with Crippen LogP contribution >= 0.6 is 11.6 Å². The lowest BCUT2D eigenvalue weighted by Crippen LogP contribution is -2.36. The highest BCUT2D eigenvalue weighted by Gasteiger charge is 2.20. The molecule has 0 heterocycles. The molecule has 1 rings (SSSR count). The van der Waals surface area contributed by atoms with Crippen molar-refractivity contribution in [2.24, 2.45) is 0 Å². The first kappa shape index (κ1) is 14.2. The summed E-state index contributed by atoms with van der Waals surface area (Å²) in [5.41, 5.74) is 1.88. The Kier molecular flexibility index (Phi) is 4.30. The highest BCUT2D eigenvalue weighted by molar-refractivity contribution is 7.89. The van der Waals surface area contributed by atoms with Crippen molar-refractivity contribution in [3.8, 4) is 0 Å². The van der Waals surface area contributed by atoms with E-state index in [1.165, 1.54) is 13.0 Å². The maximum atomic E-state index is 11.9. The van der Waals surface area contributed by atoms with Crippen LogP contribution in [0, 0.1) is 13.8 Å². The Hall–Kier alpha value is -0.910. The van der Waals surface area contributed by atoms with Crippen molar-refractivity contribution in [3.05, 3.63) is 29.3 Å². The lowest BCUT2D eigenvalue weighted by Gasteiger charge is -2.11. The maximum absolute atomic E-state index is 11.9. The minimum atomic E-state index is -3.70. The molecule has 0 fully saturated rings. The third-order valence-corrected chi connectivity index (χ3v) is 4.33. The summed E-state index contributed by atoms with van der Waals surface area (Å²) >= 11 is 5.21. The molecule has 17 heavy (non-hydrogen) atoms. The maximum Gasteiger partial charge on any atom is 0.241 e. The van der Waals surface area contributed by atoms with Gasteiger partial charge in [0.25, 0.3) is 0 Å². The zero-order valence-corrected chi connectivity index (χ0v) is 11.4. The van der Waals surface area contributed by atoms with Crippen LogP contribution in [0.15, 0.2) is 23.1 Å². The monoisotopic (exact) mass is 275 g/mol. The molecule has 0 saturated heterocycles. The number of sulfonamides is 1. The van der Waals surface area contributed by atoms with Gasteiger partial charge in [-0.3, -0.25) is 4.79 Å². The summed E-state index contributed by atoms with van der Waals surface area (Å²) < 4.78 is 26.0. The molecule has 0 aliphatic rings. The Labute approximate surface area is 106 Å². The van der Waals surface area contributed by atoms with Gasteiger partial charge in [0.1, 0.15) is 0 Å². The van der Waals surface area contributed by atoms with E-state index in [2.05, 4.69) is 4.72 Å². The van der Waals surface area contributed by atoms with E-state index in [9.17, 15) is 13.2 Å². The lowest BCUT2D eigenvalue weighted by atomic mass is 10.1. The molecule has 0 spiro atoms. The summed E-state index contributed by atoms with van der Waals surface area (Å²) in [6.07, 6.45) is 0. The Bertz CT molecular complexity index is 540. The second-order valence-corrected chi connectivity index (χ2v) is 5.98. The van der Waals surface area contributed by atoms with E-state index in [4.69, 9.17) is 11.6 Å². The van der Waals surface area contributed by atoms with Gasteiger partial charge in [-0.25, -0.2) is 8.42 Å². The zero-order chi connectivity index (χ0) is 13.2. The average molecular weight is 276 g/mol. The van der Waals surface area contributed by atoms with Gasteiger partial charge in [0.05, 0.1) is 10.9 Å². The number of hydrogen-bond donors (Lipinski definition) is 1. The quantitative estimate of drug-likeness (QED) is 0.852. The molecular weight excluding hydrogens is 262 g/mol. The van der Waals surface area contributed by atoms with Crippen LogP contribution in [0.3, 0.4) is 0 Å². The number of aryl methyl sites for hydroxylation is 2. The molecule has 4 nitrogen and oxygen atoms in total. The van der Waals surface area contributed by atoms with Gasteiger partial charge in [0, 0.05) is 0 Å². The fourth-order valence-electron chi connectivity index (χ4n) is 1.23. The molecule has 0 bridgehead atoms. The number of carbonyl (C=O) groups excluding carboxylic acids is 1. The van der Waals surface area contributed by atoms with E-state index in [1.807, 2.05) is 13.8 Å². The van der Waals surface area contributed by atoms with Gasteiger partial charge < -0.3 is 0 Å². The molecule has 0 amide bonds. The van der Waals surface area contributed by atoms with Crippen LogP contribution in [-0.2, 0) is 14.8 Å². The lowest BCUT2D eigenvalue weighted by molar-refractivity contribution is -0.112. The van der Waals surface area contributed by atoms with E-state index in [1.54, 1.807) is 12.1 Å². The number of hydrogen-bond acceptors (Lipinski definition) is 3. The van der Waals surface area contributed by atoms with Crippen LogP contribution in [0.5, 0.6) is 0 Å². The highest BCUT2D eigenvalue weighted by atomic mass is 35.5. The number of nitrogens with one attached hydrogen (secondary N) is 1. The zero-order valence-electron chi connectivity index (χ0n) is 9.82. The third-order valence-electron chi connectivity index (χ3n) is 2.46. The average Bonchev–Trinajstić information content (AvgIpc) is 2.21. The summed E-state index contributed by atoms with van der Waals surface area (Å²) in [4.78, 5) is 10.9. The van der Waals surface area contributed by atoms with Crippen molar-refractivity contribution < 1.29 is 13.2 Å². The minimum Gasteiger partial charge on any atom is -0.279 e. The Morgan fingerprint density at radius 3 is 2.35 bits per heavy atom. The summed E-state index contributed by atoms with van der Waals surface area (Å²) in [5, 5.41) is -0.739. The van der Waals surface area contributed by atoms with E-state index < -0.39 is 21.3 Å². The number of carbonyl (C=O) groups is 1. The molecule has 1 aromatic carbocycles. The van der Waals surface area contributed by atoms with Crippen molar-refractivity contribution in [3.63, 3.8) is 0 Å². The molecule has 1 aromatic rings. The first-order valence-electron chi connectivity index (χ1n) is 5.03. The fourth-order valence-corrected chi connectivity index (χ4v) is 2.64. The third kappa shape index (κ3) is 3.52. The Morgan fingerprint density at radius 1 is 1.29 bits per heavy atom. The van der Waals surface area contributed by atoms with E-state index in [0.29, 0.717) is 0 Å². The molecule has 0 saturated carbocycles. The van der Waals surface area contributed by atoms with Gasteiger partial charge >= 0.3 is 0 Å². The number of halogens is 1. The van der Waals surface area contributed by atoms with Crippen molar-refractivity contribution in [2.45, 2.75) is 31.7 Å². The van der Waals surface area contributed by atoms with Crippen LogP contribution in [0.25, 0.3) is 0 Å². The van der Waals surface area contributed by atoms with Crippen molar-refractivity contribution in [1.82, 2.24) is 4.72 Å². The predicted molar refractivity (Wildman–Crippen MR) is 66.6 cm³/mol. The molecule has 0 aliphatic heterocycles. The van der Waals surface area contributed by atoms with Crippen LogP contribution in [0.4, 0.5) is 0 Å². The van der Waals surface area contributed by atoms with Crippen molar-refractivity contribution in [1.29, 1.82) is 0 Å². The van der Waals surface area contributed by atoms with Crippen LogP contribution in [-0.4, -0.2) is 19.7 Å². The number of rotatable bonds is 4. The Morgan fingerprint density at radius 2 is 1.88 bits per heavy atom. The van der Waals surface area contributed by atoms with Crippen LogP contribution < -0.4 is 4.72 Å². The van der Waals surface area contributed by atoms with Gasteiger partial charge in [-0.1, -0.05) is 6.07 Å². The molecule has 0 aromatic heterocycles. The smallest absolute Gasteiger partial charge is 0.241 e. The molecular formula is C11H14ClNO3S. The SMILES string of the molecule is Cc1ccc(S(=O)(=O)NC(C)C(=O)Cl)cc1C. The first-order valence-corrected chi connectivity index (χ1v) is 6.89. The van der Waals surface area contributed by atoms with Crippen molar-refractivity contribution >= 4 is 26.9 Å². The second kappa shape index (κ2) is 5.16. The minimum absolute atomic E-state index is 0.130. The topological polar surface area (TPSA) is 63.2 Å². The van der Waals surface area contributed by atoms with Gasteiger partial charge in [0.15, 0.2) is 0 Å². The van der Waals surface area contributed by atoms with Gasteiger partial charge in [-0.2, -0.15) is 4.72 Å². The fraction of sp³-hybridized carbons (Fsp3) is 0.364. The van der Waals surface area contributed by atoms with Gasteiger partial charge in [0.2, 0.25) is 15.3 Å². The molecule has 0 radical (unpaired) electrons. The summed E-state index contributed by atoms with van der Waals surface area (Å²) in [6.45, 7) is 5.11. The highest BCUT2D eigenvalue weighted by Crippen LogP contribution is 2.15. The second-order valence-electron chi connectivity index (χ2n) is 3.89. The molecule has 6 heteroatoms. The predicted octanol–water partition coefficient (Wildman–Crippen LogP) is 1.74. The first-order chi connectivity index (χ1) is 7.74. The van der Waals surface area contributed by atoms with Gasteiger partial charge in [-0.15, -0.1) is 0 Å². The van der Waals surface area contributed by atoms with Crippen LogP contribution in [0.1, 0.15) is 18.1 Å². The molecule has 94 valence electrons. The summed E-state index contributed by atoms with van der Waals surface area (Å²) in [5.74, 6) is 0. The molecule has 0 aliphatic carbocycles. The van der Waals surface area contributed by atoms with Gasteiger partial charge in [-0.05, 0) is 55.6 Å². The standard InChI is InChI=1S/C11H14ClNO3S/c1-7-4-5-10(6-8(7)2)17(15,16)13-9(3)11(12)14/h4-6,9,13H,1-3H3. The molecule has 1 unspecified atom stereocenters. The normalized spacial score (nSPS) is 13.4. The van der Waals surface area contributed by atoms with E-state index in [-0.39, 0.29) is 4.90 Å². The van der Waals surface area contributed by atoms with E-state index >= 15 is 0 Å². The molecule has 1 N–H and O–H groups in total. The van der Waals surface area contributed by atoms with Crippen LogP contribution in [0.2, 0.25) is 0 Å². The number of benzene rings is 1. The summed E-state index contributed by atoms with van der Waals surface area (Å²) in [6, 6.07) is 3.83. The largest absolute Gasteiger partial charge is 0.279 e. The summed E-state index contributed by atoms with van der Waals surface area (Å²) in [7, 11) is -3.70. The Balaban J connectivity index is 3.05. The van der Waals surface area contributed by atoms with E-state index in [0.717, 1.165) is 11.1 Å².